The standard InChI is InChI=1S/C26H32N2O4/c1-6-31-16-8-15-28-25(29)23(20-11-13-21(14-12-20)32-17(2)3)24(26(28)30)27-22-10-7-9-18(4)19(22)5/h7,9-14,17,27H,6,8,15-16H2,1-5H3. The Kier molecular flexibility index (Phi) is 7.70. The van der Waals surface area contributed by atoms with E-state index in [1.165, 1.54) is 4.90 Å². The van der Waals surface area contributed by atoms with Gasteiger partial charge >= 0.3 is 0 Å². The van der Waals surface area contributed by atoms with Gasteiger partial charge < -0.3 is 14.8 Å². The molecular formula is C26H32N2O4. The highest BCUT2D eigenvalue weighted by Gasteiger charge is 2.39. The molecule has 1 heterocycles. The smallest absolute Gasteiger partial charge is 0.278 e. The van der Waals surface area contributed by atoms with Gasteiger partial charge in [-0.05, 0) is 75.9 Å². The number of rotatable bonds is 10. The average Bonchev–Trinajstić information content (AvgIpc) is 2.98. The zero-order valence-electron chi connectivity index (χ0n) is 19.5. The molecule has 0 aliphatic carbocycles. The molecule has 1 aliphatic heterocycles. The number of amides is 2. The van der Waals surface area contributed by atoms with E-state index in [0.717, 1.165) is 22.6 Å². The molecule has 2 amide bonds. The molecule has 3 rings (SSSR count). The van der Waals surface area contributed by atoms with E-state index < -0.39 is 0 Å². The average molecular weight is 437 g/mol. The van der Waals surface area contributed by atoms with Crippen LogP contribution in [-0.4, -0.2) is 42.6 Å². The fraction of sp³-hybridized carbons (Fsp3) is 0.385. The summed E-state index contributed by atoms with van der Waals surface area (Å²) in [6.45, 7) is 11.3. The van der Waals surface area contributed by atoms with Crippen molar-refractivity contribution < 1.29 is 19.1 Å². The molecule has 0 aromatic heterocycles. The molecule has 0 atom stereocenters. The van der Waals surface area contributed by atoms with Gasteiger partial charge in [0.25, 0.3) is 11.8 Å². The first-order valence-electron chi connectivity index (χ1n) is 11.1. The van der Waals surface area contributed by atoms with Crippen molar-refractivity contribution in [2.75, 3.05) is 25.1 Å². The Bertz CT molecular complexity index is 1010. The molecule has 1 aliphatic rings. The zero-order valence-corrected chi connectivity index (χ0v) is 19.5. The van der Waals surface area contributed by atoms with Crippen LogP contribution in [0.15, 0.2) is 48.2 Å². The number of carbonyl (C=O) groups is 2. The largest absolute Gasteiger partial charge is 0.491 e. The summed E-state index contributed by atoms with van der Waals surface area (Å²) in [5.41, 5.74) is 4.32. The number of hydrogen-bond acceptors (Lipinski definition) is 5. The van der Waals surface area contributed by atoms with Crippen LogP contribution in [0.2, 0.25) is 0 Å². The van der Waals surface area contributed by atoms with Crippen molar-refractivity contribution in [3.63, 3.8) is 0 Å². The molecule has 6 nitrogen and oxygen atoms in total. The van der Waals surface area contributed by atoms with Gasteiger partial charge in [-0.15, -0.1) is 0 Å². The molecule has 6 heteroatoms. The number of nitrogens with zero attached hydrogens (tertiary/aromatic N) is 1. The predicted molar refractivity (Wildman–Crippen MR) is 126 cm³/mol. The molecule has 32 heavy (non-hydrogen) atoms. The molecule has 1 N–H and O–H groups in total. The first-order chi connectivity index (χ1) is 15.3. The molecule has 2 aromatic carbocycles. The summed E-state index contributed by atoms with van der Waals surface area (Å²) in [6, 6.07) is 13.2. The molecule has 2 aromatic rings. The van der Waals surface area contributed by atoms with Gasteiger partial charge in [0.1, 0.15) is 11.4 Å². The summed E-state index contributed by atoms with van der Waals surface area (Å²) in [6.07, 6.45) is 0.647. The predicted octanol–water partition coefficient (Wildman–Crippen LogP) is 4.71. The molecule has 0 spiro atoms. The number of carbonyl (C=O) groups excluding carboxylic acids is 2. The Balaban J connectivity index is 1.96. The highest BCUT2D eigenvalue weighted by atomic mass is 16.5. The molecule has 0 unspecified atom stereocenters. The lowest BCUT2D eigenvalue weighted by molar-refractivity contribution is -0.137. The lowest BCUT2D eigenvalue weighted by Crippen LogP contribution is -2.34. The first kappa shape index (κ1) is 23.5. The van der Waals surface area contributed by atoms with Gasteiger partial charge in [-0.2, -0.15) is 0 Å². The molecular weight excluding hydrogens is 404 g/mol. The normalized spacial score (nSPS) is 14.0. The van der Waals surface area contributed by atoms with Gasteiger partial charge in [0.05, 0.1) is 11.7 Å². The van der Waals surface area contributed by atoms with Crippen molar-refractivity contribution in [3.05, 3.63) is 64.9 Å². The highest BCUT2D eigenvalue weighted by molar-refractivity contribution is 6.36. The Labute approximate surface area is 190 Å². The van der Waals surface area contributed by atoms with Crippen LogP contribution in [0.3, 0.4) is 0 Å². The summed E-state index contributed by atoms with van der Waals surface area (Å²) in [4.78, 5) is 27.9. The fourth-order valence-corrected chi connectivity index (χ4v) is 3.63. The Morgan fingerprint density at radius 3 is 2.38 bits per heavy atom. The quantitative estimate of drug-likeness (QED) is 0.432. The van der Waals surface area contributed by atoms with Crippen LogP contribution in [0.5, 0.6) is 5.75 Å². The van der Waals surface area contributed by atoms with E-state index in [-0.39, 0.29) is 17.9 Å². The molecule has 0 fully saturated rings. The summed E-state index contributed by atoms with van der Waals surface area (Å²) in [5.74, 6) is 0.112. The van der Waals surface area contributed by atoms with Gasteiger partial charge in [0, 0.05) is 25.4 Å². The van der Waals surface area contributed by atoms with Crippen molar-refractivity contribution in [2.24, 2.45) is 0 Å². The zero-order chi connectivity index (χ0) is 23.3. The topological polar surface area (TPSA) is 67.9 Å². The van der Waals surface area contributed by atoms with Crippen molar-refractivity contribution in [3.8, 4) is 5.75 Å². The van der Waals surface area contributed by atoms with Crippen molar-refractivity contribution in [1.29, 1.82) is 0 Å². The Morgan fingerprint density at radius 1 is 1.00 bits per heavy atom. The van der Waals surface area contributed by atoms with Gasteiger partial charge in [-0.1, -0.05) is 24.3 Å². The van der Waals surface area contributed by atoms with Crippen molar-refractivity contribution in [2.45, 2.75) is 47.1 Å². The van der Waals surface area contributed by atoms with E-state index in [0.29, 0.717) is 43.0 Å². The number of ether oxygens (including phenoxy) is 2. The van der Waals surface area contributed by atoms with Crippen LogP contribution >= 0.6 is 0 Å². The van der Waals surface area contributed by atoms with E-state index in [1.807, 2.05) is 77.1 Å². The van der Waals surface area contributed by atoms with Crippen LogP contribution in [0.4, 0.5) is 5.69 Å². The van der Waals surface area contributed by atoms with E-state index in [9.17, 15) is 9.59 Å². The Hall–Kier alpha value is -3.12. The SMILES string of the molecule is CCOCCCN1C(=O)C(Nc2cccc(C)c2C)=C(c2ccc(OC(C)C)cc2)C1=O. The lowest BCUT2D eigenvalue weighted by Gasteiger charge is -2.16. The number of aryl methyl sites for hydroxylation is 1. The number of nitrogens with one attached hydrogen (secondary N) is 1. The second-order valence-electron chi connectivity index (χ2n) is 8.13. The maximum atomic E-state index is 13.3. The van der Waals surface area contributed by atoms with E-state index in [2.05, 4.69) is 5.32 Å². The fourth-order valence-electron chi connectivity index (χ4n) is 3.63. The number of hydrogen-bond donors (Lipinski definition) is 1. The third kappa shape index (κ3) is 5.19. The maximum Gasteiger partial charge on any atom is 0.278 e. The molecule has 0 saturated carbocycles. The highest BCUT2D eigenvalue weighted by Crippen LogP contribution is 2.32. The van der Waals surface area contributed by atoms with Gasteiger partial charge in [-0.25, -0.2) is 0 Å². The van der Waals surface area contributed by atoms with Crippen LogP contribution in [0, 0.1) is 13.8 Å². The maximum absolute atomic E-state index is 13.3. The first-order valence-corrected chi connectivity index (χ1v) is 11.1. The van der Waals surface area contributed by atoms with E-state index in [4.69, 9.17) is 9.47 Å². The number of benzene rings is 2. The Morgan fingerprint density at radius 2 is 1.72 bits per heavy atom. The molecule has 0 radical (unpaired) electrons. The van der Waals surface area contributed by atoms with E-state index >= 15 is 0 Å². The molecule has 170 valence electrons. The van der Waals surface area contributed by atoms with Crippen molar-refractivity contribution in [1.82, 2.24) is 4.90 Å². The summed E-state index contributed by atoms with van der Waals surface area (Å²) in [7, 11) is 0. The summed E-state index contributed by atoms with van der Waals surface area (Å²) < 4.78 is 11.1. The van der Waals surface area contributed by atoms with Crippen LogP contribution in [0.25, 0.3) is 5.57 Å². The van der Waals surface area contributed by atoms with Crippen LogP contribution in [0.1, 0.15) is 43.9 Å². The number of anilines is 1. The van der Waals surface area contributed by atoms with Gasteiger partial charge in [0.15, 0.2) is 0 Å². The van der Waals surface area contributed by atoms with E-state index in [1.54, 1.807) is 0 Å². The van der Waals surface area contributed by atoms with Gasteiger partial charge in [0.2, 0.25) is 0 Å². The van der Waals surface area contributed by atoms with Crippen LogP contribution in [-0.2, 0) is 14.3 Å². The second-order valence-corrected chi connectivity index (χ2v) is 8.13. The lowest BCUT2D eigenvalue weighted by atomic mass is 10.0. The molecule has 0 bridgehead atoms. The third-order valence-electron chi connectivity index (χ3n) is 5.42. The second kappa shape index (κ2) is 10.5. The monoisotopic (exact) mass is 436 g/mol. The third-order valence-corrected chi connectivity index (χ3v) is 5.42. The molecule has 0 saturated heterocycles. The van der Waals surface area contributed by atoms with Gasteiger partial charge in [-0.3, -0.25) is 14.5 Å². The minimum Gasteiger partial charge on any atom is -0.491 e. The van der Waals surface area contributed by atoms with Crippen LogP contribution < -0.4 is 10.1 Å². The summed E-state index contributed by atoms with van der Waals surface area (Å²) >= 11 is 0. The minimum atomic E-state index is -0.315. The minimum absolute atomic E-state index is 0.0529. The van der Waals surface area contributed by atoms with Crippen molar-refractivity contribution >= 4 is 23.1 Å². The summed E-state index contributed by atoms with van der Waals surface area (Å²) in [5, 5.41) is 3.26. The number of imide groups is 1.